The molecule has 7 nitrogen and oxygen atoms in total. The van der Waals surface area contributed by atoms with E-state index in [1.807, 2.05) is 48.5 Å². The minimum atomic E-state index is -0.504. The lowest BCUT2D eigenvalue weighted by atomic mass is 9.97. The molecule has 3 aromatic rings. The number of aliphatic hydroxyl groups excluding tert-OH is 1. The summed E-state index contributed by atoms with van der Waals surface area (Å²) in [5, 5.41) is 9.43. The van der Waals surface area contributed by atoms with Gasteiger partial charge in [0.25, 0.3) is 0 Å². The second-order valence-electron chi connectivity index (χ2n) is 9.48. The number of methoxy groups -OCH3 is 2. The summed E-state index contributed by atoms with van der Waals surface area (Å²) in [6, 6.07) is 19.8. The van der Waals surface area contributed by atoms with Gasteiger partial charge in [-0.1, -0.05) is 36.4 Å². The van der Waals surface area contributed by atoms with E-state index in [1.54, 1.807) is 14.2 Å². The van der Waals surface area contributed by atoms with Gasteiger partial charge in [0.1, 0.15) is 0 Å². The van der Waals surface area contributed by atoms with E-state index in [2.05, 4.69) is 17.0 Å². The van der Waals surface area contributed by atoms with Crippen molar-refractivity contribution < 1.29 is 24.1 Å². The summed E-state index contributed by atoms with van der Waals surface area (Å²) in [4.78, 5) is 2.44. The van der Waals surface area contributed by atoms with Crippen LogP contribution in [0.2, 0.25) is 0 Å². The quantitative estimate of drug-likeness (QED) is 0.475. The maximum atomic E-state index is 9.43. The number of anilines is 1. The van der Waals surface area contributed by atoms with Gasteiger partial charge in [-0.05, 0) is 52.9 Å². The van der Waals surface area contributed by atoms with Crippen molar-refractivity contribution in [2.24, 2.45) is 0 Å². The summed E-state index contributed by atoms with van der Waals surface area (Å²) in [7, 11) is 3.34. The first-order valence-corrected chi connectivity index (χ1v) is 12.4. The third-order valence-electron chi connectivity index (χ3n) is 7.06. The number of aliphatic hydroxyl groups is 1. The number of hydrogen-bond acceptors (Lipinski definition) is 7. The maximum absolute atomic E-state index is 9.43. The lowest BCUT2D eigenvalue weighted by Crippen LogP contribution is -2.41. The molecule has 3 atom stereocenters. The lowest BCUT2D eigenvalue weighted by Gasteiger charge is -2.39. The predicted molar refractivity (Wildman–Crippen MR) is 138 cm³/mol. The van der Waals surface area contributed by atoms with Gasteiger partial charge in [0.2, 0.25) is 0 Å². The summed E-state index contributed by atoms with van der Waals surface area (Å²) < 4.78 is 23.9. The normalized spacial score (nSPS) is 22.1. The number of fused-ring (bicyclic) bond motifs is 1. The molecule has 7 heteroatoms. The van der Waals surface area contributed by atoms with Crippen LogP contribution in [0, 0.1) is 0 Å². The fraction of sp³-hybridized carbons (Fsp3) is 0.379. The largest absolute Gasteiger partial charge is 0.493 e. The Morgan fingerprint density at radius 2 is 1.69 bits per heavy atom. The third kappa shape index (κ3) is 5.34. The monoisotopic (exact) mass is 490 g/mol. The van der Waals surface area contributed by atoms with Crippen molar-refractivity contribution in [2.75, 3.05) is 33.0 Å². The summed E-state index contributed by atoms with van der Waals surface area (Å²) in [6.07, 6.45) is 1.05. The Kier molecular flexibility index (Phi) is 7.43. The van der Waals surface area contributed by atoms with E-state index in [1.165, 1.54) is 11.1 Å². The summed E-state index contributed by atoms with van der Waals surface area (Å²) in [5.41, 5.74) is 12.2. The highest BCUT2D eigenvalue weighted by atomic mass is 16.7. The van der Waals surface area contributed by atoms with Crippen LogP contribution in [0.15, 0.2) is 60.7 Å². The number of nitrogens with two attached hydrogens (primary N) is 1. The summed E-state index contributed by atoms with van der Waals surface area (Å²) >= 11 is 0. The van der Waals surface area contributed by atoms with Crippen LogP contribution in [-0.2, 0) is 29.0 Å². The first-order valence-electron chi connectivity index (χ1n) is 12.4. The molecule has 1 unspecified atom stereocenters. The van der Waals surface area contributed by atoms with Gasteiger partial charge >= 0.3 is 0 Å². The Balaban J connectivity index is 1.35. The Morgan fingerprint density at radius 3 is 2.39 bits per heavy atom. The van der Waals surface area contributed by atoms with Crippen LogP contribution in [0.25, 0.3) is 0 Å². The molecule has 190 valence electrons. The van der Waals surface area contributed by atoms with E-state index < -0.39 is 6.29 Å². The van der Waals surface area contributed by atoms with E-state index in [9.17, 15) is 5.11 Å². The topological polar surface area (TPSA) is 86.4 Å². The molecule has 36 heavy (non-hydrogen) atoms. The molecule has 3 aromatic carbocycles. The van der Waals surface area contributed by atoms with Crippen LogP contribution in [0.4, 0.5) is 5.69 Å². The molecule has 0 amide bonds. The minimum absolute atomic E-state index is 0.0191. The Hall–Kier alpha value is -3.10. The van der Waals surface area contributed by atoms with Crippen LogP contribution >= 0.6 is 0 Å². The first kappa shape index (κ1) is 24.6. The highest BCUT2D eigenvalue weighted by Gasteiger charge is 2.34. The van der Waals surface area contributed by atoms with Crippen molar-refractivity contribution in [3.8, 4) is 11.5 Å². The Morgan fingerprint density at radius 1 is 0.944 bits per heavy atom. The van der Waals surface area contributed by atoms with Crippen molar-refractivity contribution in [3.63, 3.8) is 0 Å². The van der Waals surface area contributed by atoms with E-state index in [4.69, 9.17) is 24.7 Å². The van der Waals surface area contributed by atoms with E-state index in [0.29, 0.717) is 5.69 Å². The second-order valence-corrected chi connectivity index (χ2v) is 9.48. The van der Waals surface area contributed by atoms with Crippen LogP contribution in [-0.4, -0.2) is 43.4 Å². The second kappa shape index (κ2) is 10.9. The van der Waals surface area contributed by atoms with Gasteiger partial charge in [0, 0.05) is 37.3 Å². The molecule has 1 saturated heterocycles. The van der Waals surface area contributed by atoms with Crippen LogP contribution < -0.4 is 15.2 Å². The molecule has 1 fully saturated rings. The van der Waals surface area contributed by atoms with Crippen LogP contribution in [0.5, 0.6) is 11.5 Å². The molecule has 3 N–H and O–H groups in total. The van der Waals surface area contributed by atoms with Crippen molar-refractivity contribution in [1.29, 1.82) is 0 Å². The molecule has 2 aliphatic heterocycles. The standard InChI is InChI=1S/C29H34N2O5/c1-33-27-13-21-10-11-31(16-23(21)14-28(27)34-2)17-25-15-26(20-8-6-19(18-32)7-9-20)36-29(35-25)22-4-3-5-24(30)12-22/h3-9,12-14,25-26,29,32H,10-11,15-18,30H2,1-2H3/t25-,26+,29?/m0/s1. The zero-order chi connectivity index (χ0) is 25.1. The van der Waals surface area contributed by atoms with Gasteiger partial charge in [-0.25, -0.2) is 0 Å². The van der Waals surface area contributed by atoms with Crippen LogP contribution in [0.3, 0.4) is 0 Å². The lowest BCUT2D eigenvalue weighted by molar-refractivity contribution is -0.253. The molecular formula is C29H34N2O5. The van der Waals surface area contributed by atoms with Gasteiger partial charge in [-0.2, -0.15) is 0 Å². The third-order valence-corrected chi connectivity index (χ3v) is 7.06. The molecule has 0 saturated carbocycles. The van der Waals surface area contributed by atoms with Gasteiger partial charge < -0.3 is 29.8 Å². The molecular weight excluding hydrogens is 456 g/mol. The molecule has 2 aliphatic rings. The zero-order valence-electron chi connectivity index (χ0n) is 20.9. The van der Waals surface area contributed by atoms with Crippen molar-refractivity contribution in [1.82, 2.24) is 4.90 Å². The molecule has 0 spiro atoms. The average molecular weight is 491 g/mol. The molecule has 0 aromatic heterocycles. The Bertz CT molecular complexity index is 1180. The highest BCUT2D eigenvalue weighted by Crippen LogP contribution is 2.39. The predicted octanol–water partition coefficient (Wildman–Crippen LogP) is 4.38. The average Bonchev–Trinajstić information content (AvgIpc) is 2.92. The highest BCUT2D eigenvalue weighted by molar-refractivity contribution is 5.48. The smallest absolute Gasteiger partial charge is 0.185 e. The fourth-order valence-corrected chi connectivity index (χ4v) is 5.12. The molecule has 5 rings (SSSR count). The maximum Gasteiger partial charge on any atom is 0.185 e. The number of hydrogen-bond donors (Lipinski definition) is 2. The SMILES string of the molecule is COc1cc2c(cc1OC)CN(C[C@@H]1C[C@H](c3ccc(CO)cc3)OC(c3cccc(N)c3)O1)CC2. The zero-order valence-corrected chi connectivity index (χ0v) is 20.9. The molecule has 0 radical (unpaired) electrons. The summed E-state index contributed by atoms with van der Waals surface area (Å²) in [6.45, 7) is 2.59. The molecule has 0 aliphatic carbocycles. The number of benzene rings is 3. The van der Waals surface area contributed by atoms with E-state index in [-0.39, 0.29) is 18.8 Å². The molecule has 0 bridgehead atoms. The fourth-order valence-electron chi connectivity index (χ4n) is 5.12. The summed E-state index contributed by atoms with van der Waals surface area (Å²) in [5.74, 6) is 1.53. The number of rotatable bonds is 7. The first-order chi connectivity index (χ1) is 17.6. The molecule has 2 heterocycles. The van der Waals surface area contributed by atoms with Gasteiger partial charge in [-0.15, -0.1) is 0 Å². The van der Waals surface area contributed by atoms with E-state index >= 15 is 0 Å². The Labute approximate surface area is 212 Å². The van der Waals surface area contributed by atoms with Crippen LogP contribution in [0.1, 0.15) is 46.6 Å². The van der Waals surface area contributed by atoms with Gasteiger partial charge in [0.05, 0.1) is 33.0 Å². The van der Waals surface area contributed by atoms with Crippen molar-refractivity contribution >= 4 is 5.69 Å². The van der Waals surface area contributed by atoms with Gasteiger partial charge in [0.15, 0.2) is 17.8 Å². The number of nitrogen functional groups attached to an aromatic ring is 1. The number of ether oxygens (including phenoxy) is 4. The number of nitrogens with zero attached hydrogens (tertiary/aromatic N) is 1. The van der Waals surface area contributed by atoms with Crippen molar-refractivity contribution in [3.05, 3.63) is 88.5 Å². The van der Waals surface area contributed by atoms with E-state index in [0.717, 1.165) is 60.7 Å². The van der Waals surface area contributed by atoms with Gasteiger partial charge in [-0.3, -0.25) is 4.90 Å². The van der Waals surface area contributed by atoms with Crippen molar-refractivity contribution in [2.45, 2.75) is 44.5 Å². The minimum Gasteiger partial charge on any atom is -0.493 e.